The molecule has 0 unspecified atom stereocenters. The van der Waals surface area contributed by atoms with E-state index >= 15 is 0 Å². The molecule has 0 aliphatic heterocycles. The van der Waals surface area contributed by atoms with Gasteiger partial charge in [0.1, 0.15) is 0 Å². The Kier molecular flexibility index (Phi) is 3.47. The summed E-state index contributed by atoms with van der Waals surface area (Å²) in [5, 5.41) is 9.14. The van der Waals surface area contributed by atoms with Crippen LogP contribution in [0.15, 0.2) is 42.5 Å². The monoisotopic (exact) mass is 240 g/mol. The summed E-state index contributed by atoms with van der Waals surface area (Å²) in [6.45, 7) is 3.92. The van der Waals surface area contributed by atoms with Crippen LogP contribution in [0.2, 0.25) is 0 Å². The lowest BCUT2D eigenvalue weighted by molar-refractivity contribution is 0.0696. The van der Waals surface area contributed by atoms with Crippen LogP contribution < -0.4 is 0 Å². The van der Waals surface area contributed by atoms with Crippen molar-refractivity contribution in [1.29, 1.82) is 0 Å². The molecular weight excluding hydrogens is 224 g/mol. The van der Waals surface area contributed by atoms with Crippen LogP contribution in [0.1, 0.15) is 28.4 Å². The molecule has 2 aromatic carbocycles. The Labute approximate surface area is 107 Å². The minimum Gasteiger partial charge on any atom is -0.478 e. The average molecular weight is 240 g/mol. The highest BCUT2D eigenvalue weighted by atomic mass is 16.4. The van der Waals surface area contributed by atoms with Gasteiger partial charge in [0.15, 0.2) is 0 Å². The summed E-state index contributed by atoms with van der Waals surface area (Å²) < 4.78 is 0. The fourth-order valence-corrected chi connectivity index (χ4v) is 2.00. The summed E-state index contributed by atoms with van der Waals surface area (Å²) in [6, 6.07) is 13.8. The first-order chi connectivity index (χ1) is 8.61. The number of hydrogen-bond acceptors (Lipinski definition) is 1. The van der Waals surface area contributed by atoms with Gasteiger partial charge in [-0.2, -0.15) is 0 Å². The number of benzene rings is 2. The maximum absolute atomic E-state index is 11.1. The molecule has 0 saturated heterocycles. The zero-order valence-electron chi connectivity index (χ0n) is 10.6. The first kappa shape index (κ1) is 12.4. The zero-order chi connectivity index (χ0) is 13.1. The van der Waals surface area contributed by atoms with E-state index in [-0.39, 0.29) is 0 Å². The van der Waals surface area contributed by atoms with Crippen molar-refractivity contribution in [3.05, 3.63) is 59.2 Å². The molecule has 2 nitrogen and oxygen atoms in total. The van der Waals surface area contributed by atoms with Crippen LogP contribution in [0.3, 0.4) is 0 Å². The van der Waals surface area contributed by atoms with Crippen molar-refractivity contribution in [3.8, 4) is 11.1 Å². The van der Waals surface area contributed by atoms with Crippen molar-refractivity contribution in [1.82, 2.24) is 0 Å². The predicted octanol–water partition coefficient (Wildman–Crippen LogP) is 3.92. The normalized spacial score (nSPS) is 10.3. The first-order valence-corrected chi connectivity index (χ1v) is 6.05. The molecule has 0 radical (unpaired) electrons. The molecule has 0 atom stereocenters. The second-order valence-corrected chi connectivity index (χ2v) is 4.39. The average Bonchev–Trinajstić information content (AvgIpc) is 2.39. The molecule has 0 aliphatic carbocycles. The highest BCUT2D eigenvalue weighted by Crippen LogP contribution is 2.23. The van der Waals surface area contributed by atoms with Gasteiger partial charge in [0.25, 0.3) is 0 Å². The van der Waals surface area contributed by atoms with Crippen molar-refractivity contribution in [2.75, 3.05) is 0 Å². The molecule has 2 heteroatoms. The number of carbonyl (C=O) groups is 1. The van der Waals surface area contributed by atoms with E-state index in [1.807, 2.05) is 31.2 Å². The van der Waals surface area contributed by atoms with E-state index in [0.717, 1.165) is 23.1 Å². The van der Waals surface area contributed by atoms with E-state index in [9.17, 15) is 4.79 Å². The lowest BCUT2D eigenvalue weighted by Gasteiger charge is -2.07. The number of aryl methyl sites for hydroxylation is 2. The van der Waals surface area contributed by atoms with Gasteiger partial charge in [-0.25, -0.2) is 4.79 Å². The minimum atomic E-state index is -0.874. The van der Waals surface area contributed by atoms with Crippen LogP contribution in [0, 0.1) is 6.92 Å². The minimum absolute atomic E-state index is 0.370. The van der Waals surface area contributed by atoms with Gasteiger partial charge in [-0.05, 0) is 41.7 Å². The molecule has 2 rings (SSSR count). The van der Waals surface area contributed by atoms with Crippen LogP contribution in [-0.2, 0) is 6.42 Å². The SMILES string of the molecule is CCc1cccc(-c2ccc(C)c(C(=O)O)c2)c1. The molecule has 2 aromatic rings. The quantitative estimate of drug-likeness (QED) is 0.882. The fraction of sp³-hybridized carbons (Fsp3) is 0.188. The van der Waals surface area contributed by atoms with E-state index in [4.69, 9.17) is 5.11 Å². The molecule has 0 aliphatic rings. The molecule has 1 N–H and O–H groups in total. The van der Waals surface area contributed by atoms with Crippen LogP contribution >= 0.6 is 0 Å². The number of aromatic carboxylic acids is 1. The Morgan fingerprint density at radius 2 is 1.83 bits per heavy atom. The number of carboxylic acids is 1. The van der Waals surface area contributed by atoms with Gasteiger partial charge in [0.05, 0.1) is 5.56 Å². The van der Waals surface area contributed by atoms with Gasteiger partial charge in [-0.15, -0.1) is 0 Å². The van der Waals surface area contributed by atoms with Crippen molar-refractivity contribution in [3.63, 3.8) is 0 Å². The van der Waals surface area contributed by atoms with Crippen LogP contribution in [0.25, 0.3) is 11.1 Å². The molecule has 0 fully saturated rings. The Morgan fingerprint density at radius 3 is 2.50 bits per heavy atom. The van der Waals surface area contributed by atoms with E-state index in [1.54, 1.807) is 6.07 Å². The van der Waals surface area contributed by atoms with E-state index < -0.39 is 5.97 Å². The zero-order valence-corrected chi connectivity index (χ0v) is 10.6. The van der Waals surface area contributed by atoms with Crippen LogP contribution in [0.5, 0.6) is 0 Å². The number of rotatable bonds is 3. The third-order valence-electron chi connectivity index (χ3n) is 3.14. The fourth-order valence-electron chi connectivity index (χ4n) is 2.00. The van der Waals surface area contributed by atoms with Crippen molar-refractivity contribution >= 4 is 5.97 Å². The van der Waals surface area contributed by atoms with Gasteiger partial charge in [0, 0.05) is 0 Å². The smallest absolute Gasteiger partial charge is 0.335 e. The van der Waals surface area contributed by atoms with Gasteiger partial charge < -0.3 is 5.11 Å². The van der Waals surface area contributed by atoms with Crippen molar-refractivity contribution < 1.29 is 9.90 Å². The summed E-state index contributed by atoms with van der Waals surface area (Å²) in [4.78, 5) is 11.1. The summed E-state index contributed by atoms with van der Waals surface area (Å²) in [6.07, 6.45) is 0.978. The number of carboxylic acid groups (broad SMARTS) is 1. The van der Waals surface area contributed by atoms with Gasteiger partial charge in [-0.1, -0.05) is 43.3 Å². The van der Waals surface area contributed by atoms with Gasteiger partial charge >= 0.3 is 5.97 Å². The lowest BCUT2D eigenvalue weighted by atomic mass is 9.98. The molecule has 0 aromatic heterocycles. The maximum atomic E-state index is 11.1. The first-order valence-electron chi connectivity index (χ1n) is 6.05. The Morgan fingerprint density at radius 1 is 1.11 bits per heavy atom. The maximum Gasteiger partial charge on any atom is 0.335 e. The van der Waals surface area contributed by atoms with E-state index in [0.29, 0.717) is 5.56 Å². The largest absolute Gasteiger partial charge is 0.478 e. The van der Waals surface area contributed by atoms with Crippen molar-refractivity contribution in [2.45, 2.75) is 20.3 Å². The molecule has 0 bridgehead atoms. The van der Waals surface area contributed by atoms with Crippen LogP contribution in [-0.4, -0.2) is 11.1 Å². The van der Waals surface area contributed by atoms with Crippen molar-refractivity contribution in [2.24, 2.45) is 0 Å². The summed E-state index contributed by atoms with van der Waals surface area (Å²) >= 11 is 0. The predicted molar refractivity (Wildman–Crippen MR) is 73.0 cm³/mol. The highest BCUT2D eigenvalue weighted by molar-refractivity contribution is 5.91. The molecule has 0 amide bonds. The summed E-state index contributed by atoms with van der Waals surface area (Å²) in [7, 11) is 0. The summed E-state index contributed by atoms with van der Waals surface area (Å²) in [5.41, 5.74) is 4.43. The molecule has 0 heterocycles. The standard InChI is InChI=1S/C16H16O2/c1-3-12-5-4-6-13(9-12)14-8-7-11(2)15(10-14)16(17)18/h4-10H,3H2,1-2H3,(H,17,18). The Balaban J connectivity index is 2.50. The molecule has 0 saturated carbocycles. The number of hydrogen-bond donors (Lipinski definition) is 1. The molecular formula is C16H16O2. The third kappa shape index (κ3) is 2.43. The molecule has 0 spiro atoms. The Bertz CT molecular complexity index is 585. The lowest BCUT2D eigenvalue weighted by Crippen LogP contribution is -1.99. The highest BCUT2D eigenvalue weighted by Gasteiger charge is 2.08. The van der Waals surface area contributed by atoms with E-state index in [2.05, 4.69) is 19.1 Å². The topological polar surface area (TPSA) is 37.3 Å². The summed E-state index contributed by atoms with van der Waals surface area (Å²) in [5.74, 6) is -0.874. The van der Waals surface area contributed by atoms with Crippen LogP contribution in [0.4, 0.5) is 0 Å². The third-order valence-corrected chi connectivity index (χ3v) is 3.14. The molecule has 18 heavy (non-hydrogen) atoms. The van der Waals surface area contributed by atoms with E-state index in [1.165, 1.54) is 5.56 Å². The van der Waals surface area contributed by atoms with Gasteiger partial charge in [-0.3, -0.25) is 0 Å². The van der Waals surface area contributed by atoms with Gasteiger partial charge in [0.2, 0.25) is 0 Å². The second-order valence-electron chi connectivity index (χ2n) is 4.39. The Hall–Kier alpha value is -2.09. The molecule has 92 valence electrons. The second kappa shape index (κ2) is 5.05.